The molecule has 2 aromatic heterocycles. The summed E-state index contributed by atoms with van der Waals surface area (Å²) in [5.74, 6) is 0.0609. The summed E-state index contributed by atoms with van der Waals surface area (Å²) in [6.45, 7) is 3.71. The number of hydrogen-bond donors (Lipinski definition) is 3. The molecular formula is C13H18ClN3O3S. The van der Waals surface area contributed by atoms with Crippen LogP contribution in [0.3, 0.4) is 0 Å². The summed E-state index contributed by atoms with van der Waals surface area (Å²) in [7, 11) is -3.75. The van der Waals surface area contributed by atoms with E-state index in [0.717, 1.165) is 0 Å². The van der Waals surface area contributed by atoms with Crippen molar-refractivity contribution in [2.75, 3.05) is 6.61 Å². The SMILES string of the molecule is CC(C)C(CCO)NS(=O)(=O)c1c[nH]c2nccc(Cl)c12. The number of aliphatic hydroxyl groups excluding tert-OH is 1. The molecule has 0 bridgehead atoms. The van der Waals surface area contributed by atoms with Crippen LogP contribution in [0.1, 0.15) is 20.3 Å². The van der Waals surface area contributed by atoms with Crippen LogP contribution in [0.5, 0.6) is 0 Å². The first-order valence-corrected chi connectivity index (χ1v) is 8.47. The zero-order valence-corrected chi connectivity index (χ0v) is 13.4. The van der Waals surface area contributed by atoms with Crippen LogP contribution in [0.25, 0.3) is 11.0 Å². The monoisotopic (exact) mass is 331 g/mol. The Labute approximate surface area is 128 Å². The van der Waals surface area contributed by atoms with Gasteiger partial charge in [-0.05, 0) is 18.4 Å². The number of aromatic amines is 1. The van der Waals surface area contributed by atoms with E-state index in [1.54, 1.807) is 6.07 Å². The minimum atomic E-state index is -3.75. The van der Waals surface area contributed by atoms with Crippen molar-refractivity contribution in [3.63, 3.8) is 0 Å². The van der Waals surface area contributed by atoms with Gasteiger partial charge in [0.05, 0.1) is 10.4 Å². The van der Waals surface area contributed by atoms with Crippen LogP contribution in [0.2, 0.25) is 5.02 Å². The van der Waals surface area contributed by atoms with E-state index in [9.17, 15) is 8.42 Å². The Bertz CT molecular complexity index is 727. The zero-order valence-electron chi connectivity index (χ0n) is 11.8. The number of aliphatic hydroxyl groups is 1. The summed E-state index contributed by atoms with van der Waals surface area (Å²) in [6, 6.07) is 1.20. The lowest BCUT2D eigenvalue weighted by molar-refractivity contribution is 0.256. The maximum Gasteiger partial charge on any atom is 0.243 e. The number of rotatable bonds is 6. The topological polar surface area (TPSA) is 95.1 Å². The quantitative estimate of drug-likeness (QED) is 0.753. The molecule has 0 aromatic carbocycles. The van der Waals surface area contributed by atoms with E-state index in [2.05, 4.69) is 14.7 Å². The second-order valence-electron chi connectivity index (χ2n) is 5.15. The molecule has 3 N–H and O–H groups in total. The van der Waals surface area contributed by atoms with Crippen LogP contribution >= 0.6 is 11.6 Å². The fourth-order valence-corrected chi connectivity index (χ4v) is 4.04. The Morgan fingerprint density at radius 2 is 2.19 bits per heavy atom. The molecule has 116 valence electrons. The Hall–Kier alpha value is -1.15. The van der Waals surface area contributed by atoms with Crippen LogP contribution in [-0.2, 0) is 10.0 Å². The van der Waals surface area contributed by atoms with E-state index in [-0.39, 0.29) is 23.5 Å². The average molecular weight is 332 g/mol. The molecule has 0 radical (unpaired) electrons. The number of hydrogen-bond acceptors (Lipinski definition) is 4. The molecule has 1 atom stereocenters. The summed E-state index contributed by atoms with van der Waals surface area (Å²) in [5, 5.41) is 9.75. The fourth-order valence-electron chi connectivity index (χ4n) is 2.13. The molecule has 0 aliphatic heterocycles. The number of sulfonamides is 1. The Morgan fingerprint density at radius 3 is 2.81 bits per heavy atom. The second kappa shape index (κ2) is 6.31. The molecule has 0 aliphatic carbocycles. The van der Waals surface area contributed by atoms with Gasteiger partial charge in [-0.15, -0.1) is 0 Å². The third-order valence-electron chi connectivity index (χ3n) is 3.33. The molecule has 21 heavy (non-hydrogen) atoms. The third-order valence-corrected chi connectivity index (χ3v) is 5.16. The van der Waals surface area contributed by atoms with E-state index in [1.165, 1.54) is 12.4 Å². The summed E-state index contributed by atoms with van der Waals surface area (Å²) in [4.78, 5) is 6.93. The van der Waals surface area contributed by atoms with E-state index in [4.69, 9.17) is 16.7 Å². The average Bonchev–Trinajstić information content (AvgIpc) is 2.84. The predicted molar refractivity (Wildman–Crippen MR) is 81.8 cm³/mol. The molecule has 0 aliphatic rings. The molecule has 0 amide bonds. The van der Waals surface area contributed by atoms with Gasteiger partial charge in [0.2, 0.25) is 10.0 Å². The number of halogens is 1. The van der Waals surface area contributed by atoms with E-state index < -0.39 is 10.0 Å². The molecule has 2 heterocycles. The minimum absolute atomic E-state index is 0.0609. The summed E-state index contributed by atoms with van der Waals surface area (Å²) in [6.07, 6.45) is 3.24. The van der Waals surface area contributed by atoms with Crippen molar-refractivity contribution in [2.45, 2.75) is 31.2 Å². The maximum absolute atomic E-state index is 12.6. The van der Waals surface area contributed by atoms with E-state index >= 15 is 0 Å². The second-order valence-corrected chi connectivity index (χ2v) is 7.24. The molecule has 8 heteroatoms. The summed E-state index contributed by atoms with van der Waals surface area (Å²) < 4.78 is 27.7. The number of pyridine rings is 1. The highest BCUT2D eigenvalue weighted by molar-refractivity contribution is 7.89. The molecule has 0 spiro atoms. The molecule has 2 aromatic rings. The Balaban J connectivity index is 2.42. The van der Waals surface area contributed by atoms with Gasteiger partial charge in [-0.3, -0.25) is 0 Å². The molecule has 1 unspecified atom stereocenters. The van der Waals surface area contributed by atoms with Crippen molar-refractivity contribution in [1.29, 1.82) is 0 Å². The van der Waals surface area contributed by atoms with Gasteiger partial charge in [-0.2, -0.15) is 0 Å². The lowest BCUT2D eigenvalue weighted by Crippen LogP contribution is -2.39. The van der Waals surface area contributed by atoms with Gasteiger partial charge in [0.1, 0.15) is 10.5 Å². The molecule has 6 nitrogen and oxygen atoms in total. The van der Waals surface area contributed by atoms with Crippen molar-refractivity contribution in [3.05, 3.63) is 23.5 Å². The van der Waals surface area contributed by atoms with Gasteiger partial charge in [0.15, 0.2) is 0 Å². The molecule has 0 saturated carbocycles. The van der Waals surface area contributed by atoms with Gasteiger partial charge in [-0.1, -0.05) is 25.4 Å². The molecule has 0 saturated heterocycles. The molecular weight excluding hydrogens is 314 g/mol. The van der Waals surface area contributed by atoms with Gasteiger partial charge < -0.3 is 10.1 Å². The number of nitrogens with zero attached hydrogens (tertiary/aromatic N) is 1. The highest BCUT2D eigenvalue weighted by Gasteiger charge is 2.25. The standard InChI is InChI=1S/C13H18ClN3O3S/c1-8(2)10(4-6-18)17-21(19,20)11-7-16-13-12(11)9(14)3-5-15-13/h3,5,7-8,10,17-18H,4,6H2,1-2H3,(H,15,16). The first-order chi connectivity index (χ1) is 9.86. The fraction of sp³-hybridized carbons (Fsp3) is 0.462. The Kier molecular flexibility index (Phi) is 4.88. The van der Waals surface area contributed by atoms with Crippen molar-refractivity contribution >= 4 is 32.7 Å². The zero-order chi connectivity index (χ0) is 15.6. The number of H-pyrrole nitrogens is 1. The minimum Gasteiger partial charge on any atom is -0.396 e. The highest BCUT2D eigenvalue weighted by atomic mass is 35.5. The first-order valence-electron chi connectivity index (χ1n) is 6.61. The smallest absolute Gasteiger partial charge is 0.243 e. The van der Waals surface area contributed by atoms with Gasteiger partial charge in [0, 0.05) is 25.0 Å². The number of aromatic nitrogens is 2. The van der Waals surface area contributed by atoms with Crippen LogP contribution in [0.15, 0.2) is 23.4 Å². The number of fused-ring (bicyclic) bond motifs is 1. The third kappa shape index (κ3) is 3.37. The van der Waals surface area contributed by atoms with Gasteiger partial charge in [-0.25, -0.2) is 18.1 Å². The number of nitrogens with one attached hydrogen (secondary N) is 2. The largest absolute Gasteiger partial charge is 0.396 e. The normalized spacial score (nSPS) is 14.0. The van der Waals surface area contributed by atoms with E-state index in [0.29, 0.717) is 22.5 Å². The first kappa shape index (κ1) is 16.2. The van der Waals surface area contributed by atoms with Crippen LogP contribution in [-0.4, -0.2) is 36.1 Å². The predicted octanol–water partition coefficient (Wildman–Crippen LogP) is 1.90. The van der Waals surface area contributed by atoms with Gasteiger partial charge >= 0.3 is 0 Å². The Morgan fingerprint density at radius 1 is 1.48 bits per heavy atom. The molecule has 2 rings (SSSR count). The van der Waals surface area contributed by atoms with Crippen molar-refractivity contribution in [3.8, 4) is 0 Å². The highest BCUT2D eigenvalue weighted by Crippen LogP contribution is 2.28. The van der Waals surface area contributed by atoms with Crippen LogP contribution in [0.4, 0.5) is 0 Å². The summed E-state index contributed by atoms with van der Waals surface area (Å²) >= 11 is 6.08. The lowest BCUT2D eigenvalue weighted by atomic mass is 10.0. The maximum atomic E-state index is 12.6. The summed E-state index contributed by atoms with van der Waals surface area (Å²) in [5.41, 5.74) is 0.422. The van der Waals surface area contributed by atoms with Crippen molar-refractivity contribution < 1.29 is 13.5 Å². The van der Waals surface area contributed by atoms with E-state index in [1.807, 2.05) is 13.8 Å². The molecule has 0 fully saturated rings. The van der Waals surface area contributed by atoms with Gasteiger partial charge in [0.25, 0.3) is 0 Å². The van der Waals surface area contributed by atoms with Crippen LogP contribution < -0.4 is 4.72 Å². The van der Waals surface area contributed by atoms with Crippen molar-refractivity contribution in [1.82, 2.24) is 14.7 Å². The van der Waals surface area contributed by atoms with Crippen molar-refractivity contribution in [2.24, 2.45) is 5.92 Å². The van der Waals surface area contributed by atoms with Crippen LogP contribution in [0, 0.1) is 5.92 Å². The lowest BCUT2D eigenvalue weighted by Gasteiger charge is -2.21.